The number of nitrogens with zero attached hydrogens (tertiary/aromatic N) is 2. The molecule has 35 heavy (non-hydrogen) atoms. The van der Waals surface area contributed by atoms with E-state index in [0.717, 1.165) is 0 Å². The van der Waals surface area contributed by atoms with Gasteiger partial charge in [-0.05, 0) is 44.2 Å². The fourth-order valence-corrected chi connectivity index (χ4v) is 4.85. The minimum atomic E-state index is 1.21. The fraction of sp³-hybridized carbons (Fsp3) is 0.152. The van der Waals surface area contributed by atoms with E-state index in [4.69, 9.17) is 0 Å². The fourth-order valence-electron chi connectivity index (χ4n) is 4.85. The van der Waals surface area contributed by atoms with Crippen molar-refractivity contribution in [3.8, 4) is 5.69 Å². The molecule has 0 amide bonds. The molecule has 0 aliphatic heterocycles. The molecule has 0 saturated carbocycles. The summed E-state index contributed by atoms with van der Waals surface area (Å²) in [6, 6.07) is 36.1. The lowest BCUT2D eigenvalue weighted by molar-refractivity contribution is 1.01. The summed E-state index contributed by atoms with van der Waals surface area (Å²) >= 11 is 0. The first-order chi connectivity index (χ1) is 17.2. The minimum Gasteiger partial charge on any atom is -0.344 e. The molecule has 0 N–H and O–H groups in total. The quantitative estimate of drug-likeness (QED) is 0.240. The van der Waals surface area contributed by atoms with Gasteiger partial charge in [-0.3, -0.25) is 0 Å². The number of aryl methyl sites for hydroxylation is 1. The Kier molecular flexibility index (Phi) is 7.52. The molecule has 6 rings (SSSR count). The highest BCUT2D eigenvalue weighted by Gasteiger charge is 2.07. The van der Waals surface area contributed by atoms with Crippen molar-refractivity contribution < 1.29 is 0 Å². The van der Waals surface area contributed by atoms with Crippen molar-refractivity contribution in [1.29, 1.82) is 0 Å². The SMILES string of the molecule is C/C=c1\c(=C/C)n(-c2ccccc2)c2ccccc12.CC.Cn1c2ccccc2c2ccccc21. The number of rotatable bonds is 1. The predicted octanol–water partition coefficient (Wildman–Crippen LogP) is 7.59. The van der Waals surface area contributed by atoms with Crippen LogP contribution in [-0.4, -0.2) is 9.13 Å². The molecule has 0 atom stereocenters. The van der Waals surface area contributed by atoms with Crippen LogP contribution in [0.3, 0.4) is 0 Å². The number of hydrogen-bond donors (Lipinski definition) is 0. The van der Waals surface area contributed by atoms with Gasteiger partial charge in [-0.25, -0.2) is 0 Å². The third-order valence-corrected chi connectivity index (χ3v) is 6.35. The van der Waals surface area contributed by atoms with Crippen molar-refractivity contribution >= 4 is 44.9 Å². The average molecular weight is 459 g/mol. The second-order valence-corrected chi connectivity index (χ2v) is 8.16. The Bertz CT molecular complexity index is 1630. The van der Waals surface area contributed by atoms with E-state index < -0.39 is 0 Å². The molecule has 0 unspecified atom stereocenters. The molecular weight excluding hydrogens is 424 g/mol. The zero-order valence-electron chi connectivity index (χ0n) is 21.4. The van der Waals surface area contributed by atoms with E-state index in [1.807, 2.05) is 13.8 Å². The largest absolute Gasteiger partial charge is 0.344 e. The Morgan fingerprint density at radius 1 is 0.514 bits per heavy atom. The van der Waals surface area contributed by atoms with E-state index in [-0.39, 0.29) is 0 Å². The zero-order chi connectivity index (χ0) is 24.8. The van der Waals surface area contributed by atoms with Gasteiger partial charge in [-0.15, -0.1) is 0 Å². The monoisotopic (exact) mass is 458 g/mol. The van der Waals surface area contributed by atoms with Crippen LogP contribution >= 0.6 is 0 Å². The Morgan fingerprint density at radius 3 is 1.49 bits per heavy atom. The number of hydrogen-bond acceptors (Lipinski definition) is 0. The van der Waals surface area contributed by atoms with Crippen LogP contribution in [0.1, 0.15) is 27.7 Å². The molecule has 176 valence electrons. The standard InChI is InChI=1S/C18H17N.C13H11N.C2H6/c1-3-15-16-12-8-9-13-18(16)19(17(15)4-2)14-10-6-5-7-11-14;1-14-12-8-4-2-6-10(12)11-7-3-5-9-13(11)14;1-2/h3-13H,1-2H3;2-9H,1H3;1-2H3/b15-3-,17-4+;;. The Labute approximate surface area is 208 Å². The highest BCUT2D eigenvalue weighted by molar-refractivity contribution is 6.07. The summed E-state index contributed by atoms with van der Waals surface area (Å²) in [5.74, 6) is 0. The Morgan fingerprint density at radius 2 is 0.971 bits per heavy atom. The van der Waals surface area contributed by atoms with Crippen LogP contribution in [-0.2, 0) is 7.05 Å². The maximum absolute atomic E-state index is 2.32. The molecule has 4 aromatic carbocycles. The molecule has 0 fully saturated rings. The first-order valence-electron chi connectivity index (χ1n) is 12.4. The molecule has 2 aromatic heterocycles. The lowest BCUT2D eigenvalue weighted by Gasteiger charge is -2.05. The van der Waals surface area contributed by atoms with Crippen molar-refractivity contribution in [3.63, 3.8) is 0 Å². The number of para-hydroxylation sites is 4. The molecule has 0 saturated heterocycles. The molecular formula is C33H34N2. The van der Waals surface area contributed by atoms with Gasteiger partial charge in [0.2, 0.25) is 0 Å². The maximum Gasteiger partial charge on any atom is 0.0540 e. The maximum atomic E-state index is 2.32. The van der Waals surface area contributed by atoms with E-state index in [9.17, 15) is 0 Å². The molecule has 0 bridgehead atoms. The summed E-state index contributed by atoms with van der Waals surface area (Å²) in [6.07, 6.45) is 4.37. The lowest BCUT2D eigenvalue weighted by Crippen LogP contribution is -2.27. The molecule has 6 aromatic rings. The van der Waals surface area contributed by atoms with Gasteiger partial charge in [0, 0.05) is 50.5 Å². The van der Waals surface area contributed by atoms with E-state index in [0.29, 0.717) is 0 Å². The zero-order valence-corrected chi connectivity index (χ0v) is 21.4. The van der Waals surface area contributed by atoms with E-state index in [2.05, 4.69) is 145 Å². The van der Waals surface area contributed by atoms with Gasteiger partial charge in [0.1, 0.15) is 0 Å². The molecule has 2 heteroatoms. The Balaban J connectivity index is 0.000000160. The van der Waals surface area contributed by atoms with Gasteiger partial charge >= 0.3 is 0 Å². The summed E-state index contributed by atoms with van der Waals surface area (Å²) in [4.78, 5) is 0. The van der Waals surface area contributed by atoms with Crippen molar-refractivity contribution in [2.75, 3.05) is 0 Å². The van der Waals surface area contributed by atoms with Crippen LogP contribution < -0.4 is 10.6 Å². The van der Waals surface area contributed by atoms with Crippen LogP contribution in [0.25, 0.3) is 50.5 Å². The second-order valence-electron chi connectivity index (χ2n) is 8.16. The minimum absolute atomic E-state index is 1.21. The summed E-state index contributed by atoms with van der Waals surface area (Å²) in [5.41, 5.74) is 5.07. The predicted molar refractivity (Wildman–Crippen MR) is 155 cm³/mol. The van der Waals surface area contributed by atoms with Crippen molar-refractivity contribution in [3.05, 3.63) is 114 Å². The van der Waals surface area contributed by atoms with Crippen LogP contribution in [0.4, 0.5) is 0 Å². The topological polar surface area (TPSA) is 9.86 Å². The molecule has 0 radical (unpaired) electrons. The average Bonchev–Trinajstić information content (AvgIpc) is 3.43. The third kappa shape index (κ3) is 4.40. The van der Waals surface area contributed by atoms with Crippen molar-refractivity contribution in [1.82, 2.24) is 9.13 Å². The second kappa shape index (κ2) is 10.9. The third-order valence-electron chi connectivity index (χ3n) is 6.35. The van der Waals surface area contributed by atoms with Crippen LogP contribution in [0, 0.1) is 0 Å². The lowest BCUT2D eigenvalue weighted by atomic mass is 10.2. The van der Waals surface area contributed by atoms with Crippen molar-refractivity contribution in [2.45, 2.75) is 27.7 Å². The van der Waals surface area contributed by atoms with Gasteiger partial charge < -0.3 is 9.13 Å². The summed E-state index contributed by atoms with van der Waals surface area (Å²) < 4.78 is 4.56. The molecule has 2 nitrogen and oxygen atoms in total. The molecule has 0 aliphatic carbocycles. The van der Waals surface area contributed by atoms with E-state index in [1.165, 1.54) is 49.0 Å². The van der Waals surface area contributed by atoms with E-state index in [1.54, 1.807) is 0 Å². The van der Waals surface area contributed by atoms with Gasteiger partial charge in [0.05, 0.1) is 5.52 Å². The van der Waals surface area contributed by atoms with Crippen LogP contribution in [0.15, 0.2) is 103 Å². The normalized spacial score (nSPS) is 11.9. The molecule has 0 aliphatic rings. The van der Waals surface area contributed by atoms with Crippen molar-refractivity contribution in [2.24, 2.45) is 7.05 Å². The molecule has 2 heterocycles. The first kappa shape index (κ1) is 24.1. The van der Waals surface area contributed by atoms with Gasteiger partial charge in [0.25, 0.3) is 0 Å². The Hall–Kier alpha value is -4.04. The van der Waals surface area contributed by atoms with Gasteiger partial charge in [0.15, 0.2) is 0 Å². The smallest absolute Gasteiger partial charge is 0.0540 e. The van der Waals surface area contributed by atoms with Gasteiger partial charge in [-0.1, -0.05) is 98.8 Å². The van der Waals surface area contributed by atoms with Gasteiger partial charge in [-0.2, -0.15) is 0 Å². The first-order valence-corrected chi connectivity index (χ1v) is 12.4. The molecule has 0 spiro atoms. The number of aromatic nitrogens is 2. The van der Waals surface area contributed by atoms with Crippen LogP contribution in [0.5, 0.6) is 0 Å². The summed E-state index contributed by atoms with van der Waals surface area (Å²) in [7, 11) is 2.12. The summed E-state index contributed by atoms with van der Waals surface area (Å²) in [5, 5.41) is 6.55. The highest BCUT2D eigenvalue weighted by atomic mass is 15.0. The van der Waals surface area contributed by atoms with Crippen LogP contribution in [0.2, 0.25) is 0 Å². The number of benzene rings is 4. The summed E-state index contributed by atoms with van der Waals surface area (Å²) in [6.45, 7) is 8.20. The van der Waals surface area contributed by atoms with E-state index >= 15 is 0 Å². The number of fused-ring (bicyclic) bond motifs is 4. The highest BCUT2D eigenvalue weighted by Crippen LogP contribution is 2.27.